The summed E-state index contributed by atoms with van der Waals surface area (Å²) in [5.74, 6) is 1.57. The van der Waals surface area contributed by atoms with Crippen molar-refractivity contribution in [3.63, 3.8) is 0 Å². The van der Waals surface area contributed by atoms with Crippen molar-refractivity contribution >= 4 is 36.7 Å². The Balaban J connectivity index is 0.00000160. The molecule has 2 aromatic heterocycles. The number of nitrogens with one attached hydrogen (secondary N) is 1. The topological polar surface area (TPSA) is 86.6 Å². The van der Waals surface area contributed by atoms with E-state index < -0.39 is 11.6 Å². The molecule has 0 radical (unpaired) electrons. The number of pyridine rings is 1. The van der Waals surface area contributed by atoms with Gasteiger partial charge in [0.25, 0.3) is 0 Å². The molecule has 8 nitrogen and oxygen atoms in total. The van der Waals surface area contributed by atoms with Gasteiger partial charge in [0.15, 0.2) is 5.82 Å². The minimum Gasteiger partial charge on any atom is -0.508 e. The van der Waals surface area contributed by atoms with Gasteiger partial charge in [-0.1, -0.05) is 18.7 Å². The summed E-state index contributed by atoms with van der Waals surface area (Å²) in [7, 11) is 2.42. The number of anilines is 1. The molecule has 8 rings (SSSR count). The SMILES string of the molecule is C#Cc1c(F)ccc2cc(O)cc(-c3ncc4c(N5CC6CCC(C5)N6)nc(OCC56CCCN5CCC6)nc4c3F)c12.CP. The van der Waals surface area contributed by atoms with Gasteiger partial charge in [0.05, 0.1) is 16.5 Å². The molecule has 0 spiro atoms. The summed E-state index contributed by atoms with van der Waals surface area (Å²) in [4.78, 5) is 18.7. The third kappa shape index (κ3) is 5.15. The monoisotopic (exact) mass is 630 g/mol. The Hall–Kier alpha value is -3.64. The van der Waals surface area contributed by atoms with Gasteiger partial charge in [-0.2, -0.15) is 9.97 Å². The van der Waals surface area contributed by atoms with Crippen molar-refractivity contribution in [2.45, 2.75) is 56.1 Å². The van der Waals surface area contributed by atoms with Crippen molar-refractivity contribution < 1.29 is 18.6 Å². The number of terminal acetylenes is 1. The zero-order valence-corrected chi connectivity index (χ0v) is 26.5. The average Bonchev–Trinajstić information content (AvgIpc) is 3.74. The quantitative estimate of drug-likeness (QED) is 0.229. The Labute approximate surface area is 263 Å². The van der Waals surface area contributed by atoms with Crippen LogP contribution in [0.15, 0.2) is 30.5 Å². The van der Waals surface area contributed by atoms with Gasteiger partial charge in [-0.15, -0.1) is 15.7 Å². The maximum absolute atomic E-state index is 16.7. The van der Waals surface area contributed by atoms with Crippen LogP contribution in [0.4, 0.5) is 14.6 Å². The van der Waals surface area contributed by atoms with E-state index in [-0.39, 0.29) is 39.6 Å². The van der Waals surface area contributed by atoms with E-state index in [1.165, 1.54) is 24.3 Å². The highest BCUT2D eigenvalue weighted by Crippen LogP contribution is 2.41. The molecule has 45 heavy (non-hydrogen) atoms. The fourth-order valence-corrected chi connectivity index (χ4v) is 7.90. The number of ether oxygens (including phenoxy) is 1. The van der Waals surface area contributed by atoms with E-state index in [1.54, 1.807) is 6.20 Å². The van der Waals surface area contributed by atoms with Crippen molar-refractivity contribution in [2.75, 3.05) is 44.4 Å². The first-order chi connectivity index (χ1) is 21.9. The van der Waals surface area contributed by atoms with Gasteiger partial charge in [0, 0.05) is 42.3 Å². The van der Waals surface area contributed by atoms with Crippen LogP contribution in [0.25, 0.3) is 32.9 Å². The van der Waals surface area contributed by atoms with Gasteiger partial charge in [-0.05, 0) is 75.2 Å². The van der Waals surface area contributed by atoms with E-state index in [0.717, 1.165) is 64.7 Å². The predicted octanol–water partition coefficient (Wildman–Crippen LogP) is 5.25. The number of piperazine rings is 1. The normalized spacial score (nSPS) is 21.9. The Morgan fingerprint density at radius 3 is 2.56 bits per heavy atom. The summed E-state index contributed by atoms with van der Waals surface area (Å²) in [5, 5.41) is 15.4. The predicted molar refractivity (Wildman–Crippen MR) is 176 cm³/mol. The van der Waals surface area contributed by atoms with Gasteiger partial charge in [-0.25, -0.2) is 8.78 Å². The van der Waals surface area contributed by atoms with Crippen LogP contribution in [0.1, 0.15) is 44.1 Å². The lowest BCUT2D eigenvalue weighted by Gasteiger charge is -2.34. The first-order valence-electron chi connectivity index (χ1n) is 15.7. The summed E-state index contributed by atoms with van der Waals surface area (Å²) < 4.78 is 37.8. The van der Waals surface area contributed by atoms with E-state index in [0.29, 0.717) is 40.7 Å². The Morgan fingerprint density at radius 1 is 1.11 bits per heavy atom. The highest BCUT2D eigenvalue weighted by molar-refractivity contribution is 7.15. The number of aromatic nitrogens is 3. The van der Waals surface area contributed by atoms with Crippen LogP contribution in [-0.4, -0.2) is 82.0 Å². The van der Waals surface area contributed by atoms with Gasteiger partial charge in [0.1, 0.15) is 35.2 Å². The minimum absolute atomic E-state index is 0.0191. The molecule has 4 aliphatic heterocycles. The van der Waals surface area contributed by atoms with E-state index in [9.17, 15) is 9.50 Å². The summed E-state index contributed by atoms with van der Waals surface area (Å²) in [6.45, 7) is 5.99. The number of benzene rings is 2. The highest BCUT2D eigenvalue weighted by atomic mass is 31.0. The molecular formula is C34H37F2N6O2P. The number of rotatable bonds is 5. The maximum Gasteiger partial charge on any atom is 0.319 e. The van der Waals surface area contributed by atoms with Crippen LogP contribution in [0.2, 0.25) is 0 Å². The van der Waals surface area contributed by atoms with Gasteiger partial charge in [0.2, 0.25) is 0 Å². The molecule has 3 unspecified atom stereocenters. The lowest BCUT2D eigenvalue weighted by Crippen LogP contribution is -2.51. The van der Waals surface area contributed by atoms with E-state index in [2.05, 4.69) is 40.2 Å². The van der Waals surface area contributed by atoms with Crippen LogP contribution in [0.5, 0.6) is 11.8 Å². The Morgan fingerprint density at radius 2 is 1.84 bits per heavy atom. The smallest absolute Gasteiger partial charge is 0.319 e. The van der Waals surface area contributed by atoms with Crippen LogP contribution >= 0.6 is 9.24 Å². The lowest BCUT2D eigenvalue weighted by molar-refractivity contribution is 0.108. The fourth-order valence-electron chi connectivity index (χ4n) is 7.90. The van der Waals surface area contributed by atoms with Crippen LogP contribution in [0.3, 0.4) is 0 Å². The van der Waals surface area contributed by atoms with Crippen molar-refractivity contribution in [2.24, 2.45) is 0 Å². The Kier molecular flexibility index (Phi) is 7.97. The molecule has 6 heterocycles. The largest absolute Gasteiger partial charge is 0.508 e. The number of hydrogen-bond donors (Lipinski definition) is 2. The number of hydrogen-bond acceptors (Lipinski definition) is 8. The summed E-state index contributed by atoms with van der Waals surface area (Å²) in [6, 6.07) is 6.39. The molecule has 3 atom stereocenters. The van der Waals surface area contributed by atoms with Crippen molar-refractivity contribution in [3.05, 3.63) is 47.7 Å². The summed E-state index contributed by atoms with van der Waals surface area (Å²) in [5.41, 5.74) is 0.136. The number of aromatic hydroxyl groups is 1. The molecule has 4 aromatic rings. The second kappa shape index (κ2) is 11.9. The summed E-state index contributed by atoms with van der Waals surface area (Å²) in [6.07, 6.45) is 13.8. The van der Waals surface area contributed by atoms with E-state index in [1.807, 2.05) is 6.66 Å². The number of halogens is 2. The Bertz CT molecular complexity index is 1810. The molecule has 2 aromatic carbocycles. The molecule has 4 fully saturated rings. The first-order valence-corrected chi connectivity index (χ1v) is 16.8. The molecule has 0 saturated carbocycles. The van der Waals surface area contributed by atoms with Gasteiger partial charge >= 0.3 is 6.01 Å². The summed E-state index contributed by atoms with van der Waals surface area (Å²) >= 11 is 0. The first kappa shape index (κ1) is 30.0. The molecule has 0 amide bonds. The average molecular weight is 631 g/mol. The molecule has 234 valence electrons. The second-order valence-corrected chi connectivity index (χ2v) is 12.4. The number of phenolic OH excluding ortho intramolecular Hbond substituents is 1. The van der Waals surface area contributed by atoms with Crippen LogP contribution in [0, 0.1) is 24.0 Å². The molecule has 0 aliphatic carbocycles. The standard InChI is InChI=1S/C33H32F2N6O2.CH5P/c1-2-23-26(34)8-5-19-13-22(42)14-24(27(19)23)29-28(35)30-25(15-36-29)31(40-16-20-6-7-21(17-40)37-20)39-32(38-30)43-18-33-9-3-11-41(33)12-4-10-33;1-2/h1,5,8,13-15,20-21,37,42H,3-4,6-7,9-12,16-18H2;2H2,1H3. The minimum atomic E-state index is -0.704. The molecular weight excluding hydrogens is 593 g/mol. The zero-order chi connectivity index (χ0) is 31.3. The molecule has 4 aliphatic rings. The van der Waals surface area contributed by atoms with Crippen molar-refractivity contribution in [1.82, 2.24) is 25.2 Å². The lowest BCUT2D eigenvalue weighted by atomic mass is 9.95. The van der Waals surface area contributed by atoms with Gasteiger partial charge < -0.3 is 20.1 Å². The van der Waals surface area contributed by atoms with E-state index >= 15 is 4.39 Å². The molecule has 2 bridgehead atoms. The van der Waals surface area contributed by atoms with Crippen LogP contribution < -0.4 is 15.0 Å². The van der Waals surface area contributed by atoms with Crippen molar-refractivity contribution in [3.8, 4) is 35.4 Å². The fraction of sp³-hybridized carbons (Fsp3) is 0.441. The number of fused-ring (bicyclic) bond motifs is 5. The zero-order valence-electron chi connectivity index (χ0n) is 25.3. The van der Waals surface area contributed by atoms with Crippen molar-refractivity contribution in [1.29, 1.82) is 0 Å². The number of phenols is 1. The molecule has 4 saturated heterocycles. The van der Waals surface area contributed by atoms with Gasteiger partial charge in [-0.3, -0.25) is 9.88 Å². The third-order valence-corrected chi connectivity index (χ3v) is 9.89. The van der Waals surface area contributed by atoms with E-state index in [4.69, 9.17) is 16.1 Å². The molecule has 2 N–H and O–H groups in total. The second-order valence-electron chi connectivity index (χ2n) is 12.4. The highest BCUT2D eigenvalue weighted by Gasteiger charge is 2.45. The third-order valence-electron chi connectivity index (χ3n) is 9.89. The number of nitrogens with zero attached hydrogens (tertiary/aromatic N) is 5. The maximum atomic E-state index is 16.7. The molecule has 11 heteroatoms. The van der Waals surface area contributed by atoms with Crippen LogP contribution in [-0.2, 0) is 0 Å².